The van der Waals surface area contributed by atoms with Gasteiger partial charge in [-0.1, -0.05) is 19.3 Å². The summed E-state index contributed by atoms with van der Waals surface area (Å²) in [4.78, 5) is 0. The van der Waals surface area contributed by atoms with Crippen LogP contribution >= 0.6 is 0 Å². The van der Waals surface area contributed by atoms with Gasteiger partial charge in [-0.05, 0) is 12.3 Å². The predicted octanol–water partition coefficient (Wildman–Crippen LogP) is 0.870. The van der Waals surface area contributed by atoms with E-state index in [1.807, 2.05) is 0 Å². The van der Waals surface area contributed by atoms with Crippen LogP contribution in [0.4, 0.5) is 4.39 Å². The molecular weight excluding hydrogens is 147 g/mol. The second-order valence-electron chi connectivity index (χ2n) is 3.47. The topological polar surface area (TPSA) is 40.5 Å². The second-order valence-corrected chi connectivity index (χ2v) is 3.47. The number of alkyl halides is 1. The van der Waals surface area contributed by atoms with E-state index in [-0.39, 0.29) is 0 Å². The minimum absolute atomic E-state index is 0.319. The fraction of sp³-hybridized carbons (Fsp3) is 1.00. The molecule has 0 radical (unpaired) electrons. The summed E-state index contributed by atoms with van der Waals surface area (Å²) < 4.78 is 13.2. The summed E-state index contributed by atoms with van der Waals surface area (Å²) in [6.07, 6.45) is 3.58. The van der Waals surface area contributed by atoms with Gasteiger partial charge in [-0.3, -0.25) is 0 Å². The van der Waals surface area contributed by atoms with Crippen LogP contribution in [0.15, 0.2) is 0 Å². The first-order chi connectivity index (χ1) is 5.20. The van der Waals surface area contributed by atoms with Crippen LogP contribution in [0.5, 0.6) is 0 Å². The summed E-state index contributed by atoms with van der Waals surface area (Å²) in [5.74, 6) is 0.388. The highest BCUT2D eigenvalue weighted by molar-refractivity contribution is 4.84. The van der Waals surface area contributed by atoms with E-state index < -0.39 is 18.9 Å². The van der Waals surface area contributed by atoms with Crippen molar-refractivity contribution in [3.05, 3.63) is 0 Å². The molecule has 2 N–H and O–H groups in total. The van der Waals surface area contributed by atoms with E-state index in [4.69, 9.17) is 10.2 Å². The number of halogens is 1. The number of hydrogen-bond acceptors (Lipinski definition) is 2. The Morgan fingerprint density at radius 1 is 1.27 bits per heavy atom. The van der Waals surface area contributed by atoms with Crippen molar-refractivity contribution in [2.45, 2.75) is 31.4 Å². The van der Waals surface area contributed by atoms with Crippen molar-refractivity contribution < 1.29 is 14.6 Å². The van der Waals surface area contributed by atoms with Gasteiger partial charge in [0.15, 0.2) is 5.67 Å². The van der Waals surface area contributed by atoms with Crippen molar-refractivity contribution in [3.8, 4) is 0 Å². The Morgan fingerprint density at radius 3 is 2.09 bits per heavy atom. The van der Waals surface area contributed by atoms with E-state index in [9.17, 15) is 4.39 Å². The molecule has 1 saturated carbocycles. The Morgan fingerprint density at radius 2 is 1.82 bits per heavy atom. The third-order valence-corrected chi connectivity index (χ3v) is 2.45. The van der Waals surface area contributed by atoms with Gasteiger partial charge in [0.25, 0.3) is 0 Å². The van der Waals surface area contributed by atoms with E-state index in [0.29, 0.717) is 12.3 Å². The van der Waals surface area contributed by atoms with E-state index in [2.05, 4.69) is 0 Å². The van der Waals surface area contributed by atoms with Crippen molar-refractivity contribution in [1.29, 1.82) is 0 Å². The maximum atomic E-state index is 13.2. The Balaban J connectivity index is 2.29. The largest absolute Gasteiger partial charge is 0.393 e. The summed E-state index contributed by atoms with van der Waals surface area (Å²) >= 11 is 0. The Hall–Kier alpha value is -0.150. The van der Waals surface area contributed by atoms with Gasteiger partial charge in [0, 0.05) is 0 Å². The lowest BCUT2D eigenvalue weighted by Crippen LogP contribution is -2.36. The van der Waals surface area contributed by atoms with E-state index >= 15 is 0 Å². The summed E-state index contributed by atoms with van der Waals surface area (Å²) in [7, 11) is 0. The van der Waals surface area contributed by atoms with Crippen LogP contribution in [0.25, 0.3) is 0 Å². The van der Waals surface area contributed by atoms with Crippen LogP contribution in [0.1, 0.15) is 25.7 Å². The van der Waals surface area contributed by atoms with Crippen LogP contribution < -0.4 is 0 Å². The molecule has 0 aromatic rings. The van der Waals surface area contributed by atoms with Crippen molar-refractivity contribution >= 4 is 0 Å². The molecule has 3 heteroatoms. The van der Waals surface area contributed by atoms with E-state index in [0.717, 1.165) is 19.3 Å². The zero-order valence-electron chi connectivity index (χ0n) is 6.59. The number of aliphatic hydroxyl groups excluding tert-OH is 2. The molecule has 0 atom stereocenters. The molecule has 0 bridgehead atoms. The smallest absolute Gasteiger partial charge is 0.157 e. The van der Waals surface area contributed by atoms with Gasteiger partial charge in [0.05, 0.1) is 13.2 Å². The van der Waals surface area contributed by atoms with Crippen LogP contribution in [0, 0.1) is 5.92 Å². The molecule has 11 heavy (non-hydrogen) atoms. The standard InChI is InChI=1S/C8H15FO2/c9-8(5-10,6-11)4-7-2-1-3-7/h7,10-11H,1-6H2. The molecule has 1 fully saturated rings. The van der Waals surface area contributed by atoms with Crippen LogP contribution in [0.2, 0.25) is 0 Å². The highest BCUT2D eigenvalue weighted by atomic mass is 19.1. The quantitative estimate of drug-likeness (QED) is 0.644. The molecule has 0 aromatic carbocycles. The van der Waals surface area contributed by atoms with E-state index in [1.54, 1.807) is 0 Å². The van der Waals surface area contributed by atoms with Gasteiger partial charge >= 0.3 is 0 Å². The molecule has 0 heterocycles. The zero-order chi connectivity index (χ0) is 8.32. The van der Waals surface area contributed by atoms with Crippen molar-refractivity contribution in [1.82, 2.24) is 0 Å². The minimum atomic E-state index is -1.73. The molecule has 0 aromatic heterocycles. The minimum Gasteiger partial charge on any atom is -0.393 e. The van der Waals surface area contributed by atoms with Crippen molar-refractivity contribution in [2.24, 2.45) is 5.92 Å². The Kier molecular flexibility index (Phi) is 2.84. The van der Waals surface area contributed by atoms with Crippen LogP contribution in [-0.4, -0.2) is 29.1 Å². The highest BCUT2D eigenvalue weighted by Gasteiger charge is 2.33. The monoisotopic (exact) mass is 162 g/mol. The van der Waals surface area contributed by atoms with Gasteiger partial charge in [-0.2, -0.15) is 0 Å². The molecule has 1 aliphatic rings. The molecule has 0 unspecified atom stereocenters. The molecule has 0 amide bonds. The molecule has 0 spiro atoms. The first-order valence-electron chi connectivity index (χ1n) is 4.11. The maximum absolute atomic E-state index is 13.2. The average molecular weight is 162 g/mol. The molecule has 66 valence electrons. The van der Waals surface area contributed by atoms with Gasteiger partial charge < -0.3 is 10.2 Å². The fourth-order valence-corrected chi connectivity index (χ4v) is 1.39. The summed E-state index contributed by atoms with van der Waals surface area (Å²) in [5, 5.41) is 17.2. The molecule has 1 aliphatic carbocycles. The molecule has 0 saturated heterocycles. The Bertz CT molecular complexity index is 119. The average Bonchev–Trinajstić information content (AvgIpc) is 1.97. The molecule has 1 rings (SSSR count). The van der Waals surface area contributed by atoms with E-state index in [1.165, 1.54) is 0 Å². The summed E-state index contributed by atoms with van der Waals surface area (Å²) in [6.45, 7) is -1.11. The van der Waals surface area contributed by atoms with Crippen LogP contribution in [0.3, 0.4) is 0 Å². The van der Waals surface area contributed by atoms with Crippen LogP contribution in [-0.2, 0) is 0 Å². The summed E-state index contributed by atoms with van der Waals surface area (Å²) in [6, 6.07) is 0. The number of aliphatic hydroxyl groups is 2. The lowest BCUT2D eigenvalue weighted by Gasteiger charge is -2.31. The highest BCUT2D eigenvalue weighted by Crippen LogP contribution is 2.34. The first-order valence-corrected chi connectivity index (χ1v) is 4.11. The third kappa shape index (κ3) is 2.14. The second kappa shape index (κ2) is 3.50. The molecule has 2 nitrogen and oxygen atoms in total. The van der Waals surface area contributed by atoms with Crippen molar-refractivity contribution in [3.63, 3.8) is 0 Å². The van der Waals surface area contributed by atoms with Gasteiger partial charge in [-0.25, -0.2) is 4.39 Å². The molecule has 0 aliphatic heterocycles. The lowest BCUT2D eigenvalue weighted by molar-refractivity contribution is -0.0114. The van der Waals surface area contributed by atoms with Crippen molar-refractivity contribution in [2.75, 3.05) is 13.2 Å². The predicted molar refractivity (Wildman–Crippen MR) is 40.0 cm³/mol. The van der Waals surface area contributed by atoms with Gasteiger partial charge in [-0.15, -0.1) is 0 Å². The zero-order valence-corrected chi connectivity index (χ0v) is 6.59. The lowest BCUT2D eigenvalue weighted by atomic mass is 9.78. The Labute approximate surface area is 66.0 Å². The number of rotatable bonds is 4. The SMILES string of the molecule is OCC(F)(CO)CC1CCC1. The molecular formula is C8H15FO2. The van der Waals surface area contributed by atoms with Gasteiger partial charge in [0.2, 0.25) is 0 Å². The maximum Gasteiger partial charge on any atom is 0.157 e. The third-order valence-electron chi connectivity index (χ3n) is 2.45. The first kappa shape index (κ1) is 8.94. The summed E-state index contributed by atoms with van der Waals surface area (Å²) in [5.41, 5.74) is -1.73. The number of hydrogen-bond donors (Lipinski definition) is 2. The fourth-order valence-electron chi connectivity index (χ4n) is 1.39. The van der Waals surface area contributed by atoms with Gasteiger partial charge in [0.1, 0.15) is 0 Å². The normalized spacial score (nSPS) is 19.9.